The smallest absolute Gasteiger partial charge is 0.294 e. The standard InChI is InChI=1S/C11H13NO5S/c13-7-8-5-11(14)12(6-8)9-1-3-10(4-2-9)18(15,16)17/h1-4,8,13H,5-7H2,(H,15,16,17). The number of rotatable bonds is 3. The number of benzene rings is 1. The molecule has 0 aliphatic carbocycles. The van der Waals surface area contributed by atoms with E-state index in [2.05, 4.69) is 0 Å². The quantitative estimate of drug-likeness (QED) is 0.770. The lowest BCUT2D eigenvalue weighted by Gasteiger charge is -2.16. The summed E-state index contributed by atoms with van der Waals surface area (Å²) in [5, 5.41) is 9.01. The fraction of sp³-hybridized carbons (Fsp3) is 0.364. The molecule has 1 aromatic carbocycles. The van der Waals surface area contributed by atoms with Crippen LogP contribution in [0.1, 0.15) is 6.42 Å². The van der Waals surface area contributed by atoms with Crippen molar-refractivity contribution in [3.05, 3.63) is 24.3 Å². The maximum Gasteiger partial charge on any atom is 0.294 e. The van der Waals surface area contributed by atoms with Crippen molar-refractivity contribution in [3.8, 4) is 0 Å². The van der Waals surface area contributed by atoms with Gasteiger partial charge in [-0.15, -0.1) is 0 Å². The Bertz CT molecular complexity index is 551. The first-order chi connectivity index (χ1) is 8.41. The molecule has 0 aromatic heterocycles. The predicted octanol–water partition coefficient (Wildman–Crippen LogP) is 0.278. The molecule has 0 radical (unpaired) electrons. The maximum atomic E-state index is 11.7. The van der Waals surface area contributed by atoms with Crippen LogP contribution in [0.5, 0.6) is 0 Å². The third kappa shape index (κ3) is 2.53. The first-order valence-electron chi connectivity index (χ1n) is 5.40. The first kappa shape index (κ1) is 13.0. The number of carbonyl (C=O) groups is 1. The minimum absolute atomic E-state index is 0.0503. The normalized spacial score (nSPS) is 20.4. The van der Waals surface area contributed by atoms with Gasteiger partial charge in [0.25, 0.3) is 10.1 Å². The van der Waals surface area contributed by atoms with E-state index >= 15 is 0 Å². The van der Waals surface area contributed by atoms with Crippen molar-refractivity contribution in [2.24, 2.45) is 5.92 Å². The number of amides is 1. The zero-order chi connectivity index (χ0) is 13.3. The molecule has 0 saturated carbocycles. The summed E-state index contributed by atoms with van der Waals surface area (Å²) in [7, 11) is -4.22. The topological polar surface area (TPSA) is 94.9 Å². The van der Waals surface area contributed by atoms with Crippen molar-refractivity contribution in [2.75, 3.05) is 18.1 Å². The summed E-state index contributed by atoms with van der Waals surface area (Å²) >= 11 is 0. The molecule has 0 bridgehead atoms. The molecule has 1 aliphatic rings. The van der Waals surface area contributed by atoms with E-state index in [1.807, 2.05) is 0 Å². The number of nitrogens with zero attached hydrogens (tertiary/aromatic N) is 1. The van der Waals surface area contributed by atoms with Gasteiger partial charge in [-0.3, -0.25) is 9.35 Å². The molecule has 98 valence electrons. The number of hydrogen-bond donors (Lipinski definition) is 2. The van der Waals surface area contributed by atoms with Crippen LogP contribution >= 0.6 is 0 Å². The summed E-state index contributed by atoms with van der Waals surface area (Å²) in [4.78, 5) is 13.0. The Kier molecular flexibility index (Phi) is 3.38. The number of anilines is 1. The summed E-state index contributed by atoms with van der Waals surface area (Å²) in [6.45, 7) is 0.367. The van der Waals surface area contributed by atoms with Gasteiger partial charge in [0.1, 0.15) is 0 Å². The predicted molar refractivity (Wildman–Crippen MR) is 63.8 cm³/mol. The minimum atomic E-state index is -4.22. The minimum Gasteiger partial charge on any atom is -0.396 e. The van der Waals surface area contributed by atoms with Gasteiger partial charge in [0.05, 0.1) is 4.90 Å². The Morgan fingerprint density at radius 3 is 2.33 bits per heavy atom. The molecule has 7 heteroatoms. The summed E-state index contributed by atoms with van der Waals surface area (Å²) in [6.07, 6.45) is 0.288. The van der Waals surface area contributed by atoms with Crippen LogP contribution in [-0.4, -0.2) is 37.1 Å². The molecule has 2 rings (SSSR count). The van der Waals surface area contributed by atoms with Crippen molar-refractivity contribution in [2.45, 2.75) is 11.3 Å². The van der Waals surface area contributed by atoms with Gasteiger partial charge in [-0.1, -0.05) is 0 Å². The van der Waals surface area contributed by atoms with E-state index in [0.29, 0.717) is 12.2 Å². The zero-order valence-corrected chi connectivity index (χ0v) is 10.3. The molecular formula is C11H13NO5S. The molecule has 1 heterocycles. The molecule has 6 nitrogen and oxygen atoms in total. The lowest BCUT2D eigenvalue weighted by Crippen LogP contribution is -2.24. The van der Waals surface area contributed by atoms with E-state index in [-0.39, 0.29) is 29.7 Å². The SMILES string of the molecule is O=C1CC(CO)CN1c1ccc(S(=O)(=O)O)cc1. The maximum absolute atomic E-state index is 11.7. The Balaban J connectivity index is 2.23. The van der Waals surface area contributed by atoms with Crippen LogP contribution in [-0.2, 0) is 14.9 Å². The summed E-state index contributed by atoms with van der Waals surface area (Å²) in [5.41, 5.74) is 0.559. The van der Waals surface area contributed by atoms with Gasteiger partial charge in [0.15, 0.2) is 0 Å². The second-order valence-corrected chi connectivity index (χ2v) is 5.65. The zero-order valence-electron chi connectivity index (χ0n) is 9.48. The second kappa shape index (κ2) is 4.68. The largest absolute Gasteiger partial charge is 0.396 e. The van der Waals surface area contributed by atoms with E-state index in [1.54, 1.807) is 0 Å². The first-order valence-corrected chi connectivity index (χ1v) is 6.84. The Morgan fingerprint density at radius 1 is 1.28 bits per heavy atom. The van der Waals surface area contributed by atoms with Crippen LogP contribution in [0.2, 0.25) is 0 Å². The number of aliphatic hydroxyl groups excluding tert-OH is 1. The van der Waals surface area contributed by atoms with Gasteiger partial charge in [-0.05, 0) is 24.3 Å². The molecular weight excluding hydrogens is 258 g/mol. The van der Waals surface area contributed by atoms with Gasteiger partial charge in [-0.2, -0.15) is 8.42 Å². The fourth-order valence-electron chi connectivity index (χ4n) is 1.95. The number of aliphatic hydroxyl groups is 1. The van der Waals surface area contributed by atoms with E-state index < -0.39 is 10.1 Å². The average Bonchev–Trinajstić information content (AvgIpc) is 2.70. The lowest BCUT2D eigenvalue weighted by atomic mass is 10.1. The third-order valence-corrected chi connectivity index (χ3v) is 3.78. The molecule has 1 unspecified atom stereocenters. The van der Waals surface area contributed by atoms with Crippen molar-refractivity contribution in [1.29, 1.82) is 0 Å². The van der Waals surface area contributed by atoms with Gasteiger partial charge >= 0.3 is 0 Å². The highest BCUT2D eigenvalue weighted by atomic mass is 32.2. The van der Waals surface area contributed by atoms with E-state index in [0.717, 1.165) is 0 Å². The van der Waals surface area contributed by atoms with Crippen molar-refractivity contribution in [3.63, 3.8) is 0 Å². The second-order valence-electron chi connectivity index (χ2n) is 4.23. The summed E-state index contributed by atoms with van der Waals surface area (Å²) in [6, 6.07) is 5.40. The molecule has 1 saturated heterocycles. The Morgan fingerprint density at radius 2 is 1.89 bits per heavy atom. The number of carbonyl (C=O) groups excluding carboxylic acids is 1. The molecule has 1 amide bonds. The van der Waals surface area contributed by atoms with Crippen LogP contribution in [0.3, 0.4) is 0 Å². The molecule has 0 spiro atoms. The van der Waals surface area contributed by atoms with Gasteiger partial charge in [0, 0.05) is 31.2 Å². The Labute approximate surface area is 105 Å². The molecule has 1 fully saturated rings. The highest BCUT2D eigenvalue weighted by molar-refractivity contribution is 7.85. The van der Waals surface area contributed by atoms with Crippen LogP contribution in [0.4, 0.5) is 5.69 Å². The highest BCUT2D eigenvalue weighted by Crippen LogP contribution is 2.25. The van der Waals surface area contributed by atoms with E-state index in [9.17, 15) is 13.2 Å². The molecule has 2 N–H and O–H groups in total. The van der Waals surface area contributed by atoms with Crippen molar-refractivity contribution in [1.82, 2.24) is 0 Å². The highest BCUT2D eigenvalue weighted by Gasteiger charge is 2.30. The molecule has 18 heavy (non-hydrogen) atoms. The van der Waals surface area contributed by atoms with Crippen LogP contribution < -0.4 is 4.90 Å². The number of hydrogen-bond acceptors (Lipinski definition) is 4. The van der Waals surface area contributed by atoms with Crippen LogP contribution in [0.25, 0.3) is 0 Å². The molecule has 1 aromatic rings. The Hall–Kier alpha value is -1.44. The lowest BCUT2D eigenvalue weighted by molar-refractivity contribution is -0.117. The molecule has 1 aliphatic heterocycles. The van der Waals surface area contributed by atoms with Gasteiger partial charge in [0.2, 0.25) is 5.91 Å². The van der Waals surface area contributed by atoms with Crippen molar-refractivity contribution < 1.29 is 22.9 Å². The summed E-state index contributed by atoms with van der Waals surface area (Å²) < 4.78 is 30.6. The average molecular weight is 271 g/mol. The van der Waals surface area contributed by atoms with Crippen LogP contribution in [0, 0.1) is 5.92 Å². The van der Waals surface area contributed by atoms with E-state index in [1.165, 1.54) is 29.2 Å². The van der Waals surface area contributed by atoms with E-state index in [4.69, 9.17) is 9.66 Å². The summed E-state index contributed by atoms with van der Waals surface area (Å²) in [5.74, 6) is -0.188. The third-order valence-electron chi connectivity index (χ3n) is 2.91. The molecule has 1 atom stereocenters. The fourth-order valence-corrected chi connectivity index (χ4v) is 2.43. The van der Waals surface area contributed by atoms with Crippen LogP contribution in [0.15, 0.2) is 29.2 Å². The monoisotopic (exact) mass is 271 g/mol. The van der Waals surface area contributed by atoms with Gasteiger partial charge < -0.3 is 10.0 Å². The van der Waals surface area contributed by atoms with Gasteiger partial charge in [-0.25, -0.2) is 0 Å². The van der Waals surface area contributed by atoms with Crippen molar-refractivity contribution >= 4 is 21.7 Å².